The summed E-state index contributed by atoms with van der Waals surface area (Å²) in [5.41, 5.74) is 1.97. The van der Waals surface area contributed by atoms with Gasteiger partial charge in [0.25, 0.3) is 0 Å². The number of esters is 1. The monoisotopic (exact) mass is 422 g/mol. The first-order chi connectivity index (χ1) is 11.2. The molecule has 23 heavy (non-hydrogen) atoms. The summed E-state index contributed by atoms with van der Waals surface area (Å²) >= 11 is 2.11. The number of allylic oxidation sites excluding steroid dienone is 1. The molecule has 0 saturated heterocycles. The van der Waals surface area contributed by atoms with Crippen LogP contribution in [0.1, 0.15) is 24.5 Å². The molecule has 2 aromatic carbocycles. The Morgan fingerprint density at radius 3 is 2.57 bits per heavy atom. The SMILES string of the molecule is C/C=C\c1ccccc1OC(I)CC(=O)OCc1ccccc1. The van der Waals surface area contributed by atoms with E-state index in [1.165, 1.54) is 0 Å². The van der Waals surface area contributed by atoms with Crippen LogP contribution in [-0.2, 0) is 16.1 Å². The van der Waals surface area contributed by atoms with Crippen molar-refractivity contribution in [3.63, 3.8) is 0 Å². The summed E-state index contributed by atoms with van der Waals surface area (Å²) in [7, 11) is 0. The van der Waals surface area contributed by atoms with E-state index in [4.69, 9.17) is 9.47 Å². The third kappa shape index (κ3) is 6.06. The lowest BCUT2D eigenvalue weighted by Crippen LogP contribution is -2.16. The molecule has 4 heteroatoms. The van der Waals surface area contributed by atoms with Crippen LogP contribution >= 0.6 is 22.6 Å². The van der Waals surface area contributed by atoms with E-state index in [1.807, 2.05) is 73.7 Å². The van der Waals surface area contributed by atoms with Crippen molar-refractivity contribution < 1.29 is 14.3 Å². The van der Waals surface area contributed by atoms with Gasteiger partial charge in [0.1, 0.15) is 12.4 Å². The summed E-state index contributed by atoms with van der Waals surface area (Å²) in [5, 5.41) is 0. The third-order valence-corrected chi connectivity index (χ3v) is 3.78. The molecule has 1 unspecified atom stereocenters. The number of rotatable bonds is 7. The molecule has 0 aliphatic carbocycles. The fraction of sp³-hybridized carbons (Fsp3) is 0.211. The van der Waals surface area contributed by atoms with E-state index in [0.717, 1.165) is 16.9 Å². The predicted octanol–water partition coefficient (Wildman–Crippen LogP) is 4.99. The minimum Gasteiger partial charge on any atom is -0.479 e. The van der Waals surface area contributed by atoms with Crippen molar-refractivity contribution >= 4 is 34.6 Å². The highest BCUT2D eigenvalue weighted by molar-refractivity contribution is 14.1. The molecule has 0 N–H and O–H groups in total. The molecule has 0 aliphatic heterocycles. The number of ether oxygens (including phenoxy) is 2. The van der Waals surface area contributed by atoms with E-state index in [2.05, 4.69) is 22.6 Å². The fourth-order valence-corrected chi connectivity index (χ4v) is 2.65. The standard InChI is InChI=1S/C19H19IO3/c1-2-8-16-11-6-7-12-17(16)23-18(20)13-19(21)22-14-15-9-4-3-5-10-15/h2-12,18H,13-14H2,1H3/b8-2-. The van der Waals surface area contributed by atoms with Crippen LogP contribution in [0.3, 0.4) is 0 Å². The van der Waals surface area contributed by atoms with Gasteiger partial charge in [-0.1, -0.05) is 60.7 Å². The van der Waals surface area contributed by atoms with E-state index in [1.54, 1.807) is 0 Å². The highest BCUT2D eigenvalue weighted by Crippen LogP contribution is 2.23. The summed E-state index contributed by atoms with van der Waals surface area (Å²) < 4.78 is 10.9. The summed E-state index contributed by atoms with van der Waals surface area (Å²) in [4.78, 5) is 11.9. The molecule has 2 aromatic rings. The van der Waals surface area contributed by atoms with E-state index >= 15 is 0 Å². The number of carbonyl (C=O) groups excluding carboxylic acids is 1. The Labute approximate surface area is 150 Å². The van der Waals surface area contributed by atoms with Crippen molar-refractivity contribution in [2.45, 2.75) is 24.1 Å². The van der Waals surface area contributed by atoms with Crippen LogP contribution in [0.25, 0.3) is 6.08 Å². The maximum absolute atomic E-state index is 11.9. The quantitative estimate of drug-likeness (QED) is 0.358. The molecule has 0 radical (unpaired) electrons. The van der Waals surface area contributed by atoms with Gasteiger partial charge in [0.2, 0.25) is 0 Å². The lowest BCUT2D eigenvalue weighted by Gasteiger charge is -2.14. The molecule has 0 amide bonds. The topological polar surface area (TPSA) is 35.5 Å². The van der Waals surface area contributed by atoms with Crippen LogP contribution in [0.2, 0.25) is 0 Å². The van der Waals surface area contributed by atoms with E-state index in [0.29, 0.717) is 0 Å². The molecule has 120 valence electrons. The molecule has 0 saturated carbocycles. The van der Waals surface area contributed by atoms with Gasteiger partial charge in [-0.15, -0.1) is 0 Å². The Morgan fingerprint density at radius 2 is 1.83 bits per heavy atom. The van der Waals surface area contributed by atoms with Crippen molar-refractivity contribution in [3.8, 4) is 5.75 Å². The van der Waals surface area contributed by atoms with Crippen LogP contribution in [0, 0.1) is 0 Å². The molecular formula is C19H19IO3. The number of para-hydroxylation sites is 1. The smallest absolute Gasteiger partial charge is 0.310 e. The largest absolute Gasteiger partial charge is 0.479 e. The average molecular weight is 422 g/mol. The van der Waals surface area contributed by atoms with Crippen LogP contribution in [-0.4, -0.2) is 10.1 Å². The van der Waals surface area contributed by atoms with Gasteiger partial charge >= 0.3 is 5.97 Å². The van der Waals surface area contributed by atoms with E-state index < -0.39 is 0 Å². The van der Waals surface area contributed by atoms with Gasteiger partial charge in [0.15, 0.2) is 4.11 Å². The van der Waals surface area contributed by atoms with Gasteiger partial charge in [-0.2, -0.15) is 0 Å². The lowest BCUT2D eigenvalue weighted by molar-refractivity contribution is -0.145. The van der Waals surface area contributed by atoms with Gasteiger partial charge in [-0.05, 0) is 41.1 Å². The molecule has 3 nitrogen and oxygen atoms in total. The number of alkyl halides is 1. The van der Waals surface area contributed by atoms with E-state index in [9.17, 15) is 4.79 Å². The maximum atomic E-state index is 11.9. The normalized spacial score (nSPS) is 12.1. The van der Waals surface area contributed by atoms with Crippen molar-refractivity contribution in [2.75, 3.05) is 0 Å². The molecule has 0 aromatic heterocycles. The first kappa shape index (κ1) is 17.5. The van der Waals surface area contributed by atoms with Crippen LogP contribution in [0.15, 0.2) is 60.7 Å². The van der Waals surface area contributed by atoms with Gasteiger partial charge < -0.3 is 9.47 Å². The van der Waals surface area contributed by atoms with Crippen molar-refractivity contribution in [2.24, 2.45) is 0 Å². The third-order valence-electron chi connectivity index (χ3n) is 3.09. The Bertz CT molecular complexity index is 653. The zero-order valence-electron chi connectivity index (χ0n) is 12.9. The average Bonchev–Trinajstić information content (AvgIpc) is 2.56. The number of carbonyl (C=O) groups is 1. The zero-order valence-corrected chi connectivity index (χ0v) is 15.1. The second kappa shape index (κ2) is 9.35. The molecule has 0 bridgehead atoms. The first-order valence-electron chi connectivity index (χ1n) is 7.41. The highest BCUT2D eigenvalue weighted by Gasteiger charge is 2.14. The minimum atomic E-state index is -0.276. The summed E-state index contributed by atoms with van der Waals surface area (Å²) in [6.45, 7) is 2.25. The number of hydrogen-bond acceptors (Lipinski definition) is 3. The molecule has 0 spiro atoms. The minimum absolute atomic E-state index is 0.206. The zero-order chi connectivity index (χ0) is 16.5. The number of benzene rings is 2. The summed E-state index contributed by atoms with van der Waals surface area (Å²) in [5.74, 6) is 0.498. The van der Waals surface area contributed by atoms with Gasteiger partial charge in [-0.3, -0.25) is 4.79 Å². The second-order valence-electron chi connectivity index (χ2n) is 4.92. The molecule has 0 fully saturated rings. The molecule has 0 heterocycles. The lowest BCUT2D eigenvalue weighted by atomic mass is 10.2. The van der Waals surface area contributed by atoms with Crippen LogP contribution in [0.4, 0.5) is 0 Å². The molecule has 0 aliphatic rings. The molecule has 2 rings (SSSR count). The predicted molar refractivity (Wildman–Crippen MR) is 100 cm³/mol. The first-order valence-corrected chi connectivity index (χ1v) is 8.65. The van der Waals surface area contributed by atoms with Gasteiger partial charge in [0.05, 0.1) is 6.42 Å². The highest BCUT2D eigenvalue weighted by atomic mass is 127. The van der Waals surface area contributed by atoms with Gasteiger partial charge in [-0.25, -0.2) is 0 Å². The summed E-state index contributed by atoms with van der Waals surface area (Å²) in [6.07, 6.45) is 4.14. The van der Waals surface area contributed by atoms with Crippen molar-refractivity contribution in [1.82, 2.24) is 0 Å². The van der Waals surface area contributed by atoms with Crippen LogP contribution in [0.5, 0.6) is 5.75 Å². The summed E-state index contributed by atoms with van der Waals surface area (Å²) in [6, 6.07) is 17.4. The van der Waals surface area contributed by atoms with Crippen LogP contribution < -0.4 is 4.74 Å². The second-order valence-corrected chi connectivity index (χ2v) is 6.31. The van der Waals surface area contributed by atoms with Crippen molar-refractivity contribution in [3.05, 3.63) is 71.8 Å². The van der Waals surface area contributed by atoms with Gasteiger partial charge in [0, 0.05) is 5.56 Å². The number of hydrogen-bond donors (Lipinski definition) is 0. The molecular weight excluding hydrogens is 403 g/mol. The Kier molecular flexibility index (Phi) is 7.13. The Morgan fingerprint density at radius 1 is 1.13 bits per heavy atom. The Balaban J connectivity index is 1.84. The maximum Gasteiger partial charge on any atom is 0.310 e. The molecule has 1 atom stereocenters. The Hall–Kier alpha value is -1.82. The van der Waals surface area contributed by atoms with Crippen molar-refractivity contribution in [1.29, 1.82) is 0 Å². The fourth-order valence-electron chi connectivity index (χ4n) is 2.01. The van der Waals surface area contributed by atoms with E-state index in [-0.39, 0.29) is 23.1 Å². The number of halogens is 1.